The van der Waals surface area contributed by atoms with E-state index in [9.17, 15) is 22.4 Å². The molecule has 0 aliphatic carbocycles. The third-order valence-corrected chi connectivity index (χ3v) is 5.97. The summed E-state index contributed by atoms with van der Waals surface area (Å²) in [5.41, 5.74) is 0.0547. The van der Waals surface area contributed by atoms with Gasteiger partial charge in [0.05, 0.1) is 21.2 Å². The average molecular weight is 414 g/mol. The Kier molecular flexibility index (Phi) is 6.22. The fraction of sp³-hybridized carbons (Fsp3) is 0.222. The number of nitrogens with zero attached hydrogens (tertiary/aromatic N) is 1. The zero-order valence-electron chi connectivity index (χ0n) is 14.8. The molecule has 2 aromatic rings. The lowest BCUT2D eigenvalue weighted by Crippen LogP contribution is -2.27. The van der Waals surface area contributed by atoms with Crippen LogP contribution in [0.4, 0.5) is 10.1 Å². The van der Waals surface area contributed by atoms with E-state index in [2.05, 4.69) is 0 Å². The van der Waals surface area contributed by atoms with Gasteiger partial charge in [-0.25, -0.2) is 17.6 Å². The summed E-state index contributed by atoms with van der Waals surface area (Å²) < 4.78 is 44.6. The molecule has 0 fully saturated rings. The van der Waals surface area contributed by atoms with E-state index in [1.807, 2.05) is 0 Å². The number of carbonyl (C=O) groups excluding carboxylic acids is 2. The minimum Gasteiger partial charge on any atom is -0.451 e. The van der Waals surface area contributed by atoms with Crippen LogP contribution in [0.5, 0.6) is 0 Å². The van der Waals surface area contributed by atoms with Crippen molar-refractivity contribution in [3.63, 3.8) is 0 Å². The molecule has 9 heteroatoms. The average Bonchev–Trinajstić information content (AvgIpc) is 2.61. The predicted molar refractivity (Wildman–Crippen MR) is 99.0 cm³/mol. The van der Waals surface area contributed by atoms with Crippen LogP contribution in [0, 0.1) is 5.82 Å². The molecule has 0 aliphatic heterocycles. The maximum atomic E-state index is 13.1. The molecule has 0 amide bonds. The second-order valence-electron chi connectivity index (χ2n) is 5.75. The summed E-state index contributed by atoms with van der Waals surface area (Å²) in [4.78, 5) is 23.3. The van der Waals surface area contributed by atoms with E-state index in [-0.39, 0.29) is 27.0 Å². The second kappa shape index (κ2) is 8.06. The first-order chi connectivity index (χ1) is 12.5. The number of ether oxygens (including phenoxy) is 1. The van der Waals surface area contributed by atoms with Gasteiger partial charge in [0, 0.05) is 7.05 Å². The van der Waals surface area contributed by atoms with E-state index in [1.54, 1.807) is 0 Å². The van der Waals surface area contributed by atoms with Gasteiger partial charge in [-0.1, -0.05) is 11.6 Å². The Balaban J connectivity index is 2.39. The zero-order chi connectivity index (χ0) is 20.4. The Morgan fingerprint density at radius 1 is 1.15 bits per heavy atom. The standard InChI is InChI=1S/C18H17ClFNO5S/c1-11(22)12(2)26-18(23)16-10-15(8-9-17(16)19)27(24,25)21(3)14-6-4-13(20)5-7-14/h4-10,12H,1-3H3. The molecule has 1 unspecified atom stereocenters. The van der Waals surface area contributed by atoms with Gasteiger partial charge in [0.15, 0.2) is 11.9 Å². The van der Waals surface area contributed by atoms with Gasteiger partial charge in [0.1, 0.15) is 5.82 Å². The summed E-state index contributed by atoms with van der Waals surface area (Å²) in [5.74, 6) is -1.77. The summed E-state index contributed by atoms with van der Waals surface area (Å²) in [6.07, 6.45) is -0.990. The van der Waals surface area contributed by atoms with Crippen molar-refractivity contribution in [1.82, 2.24) is 0 Å². The van der Waals surface area contributed by atoms with Crippen molar-refractivity contribution in [2.24, 2.45) is 0 Å². The summed E-state index contributed by atoms with van der Waals surface area (Å²) in [6.45, 7) is 2.66. The van der Waals surface area contributed by atoms with Crippen molar-refractivity contribution in [3.05, 3.63) is 58.9 Å². The number of Topliss-reactive ketones (excluding diaryl/α,β-unsaturated/α-hetero) is 1. The van der Waals surface area contributed by atoms with Crippen LogP contribution in [0.3, 0.4) is 0 Å². The number of rotatable bonds is 6. The van der Waals surface area contributed by atoms with Crippen LogP contribution >= 0.6 is 11.6 Å². The van der Waals surface area contributed by atoms with E-state index in [0.29, 0.717) is 0 Å². The molecule has 144 valence electrons. The number of ketones is 1. The highest BCUT2D eigenvalue weighted by Gasteiger charge is 2.25. The predicted octanol–water partition coefficient (Wildman–Crippen LogP) is 3.44. The highest BCUT2D eigenvalue weighted by atomic mass is 35.5. The quantitative estimate of drug-likeness (QED) is 0.677. The smallest absolute Gasteiger partial charge is 0.340 e. The van der Waals surface area contributed by atoms with Crippen molar-refractivity contribution in [1.29, 1.82) is 0 Å². The van der Waals surface area contributed by atoms with Gasteiger partial charge in [-0.3, -0.25) is 9.10 Å². The molecular weight excluding hydrogens is 397 g/mol. The Bertz CT molecular complexity index is 976. The summed E-state index contributed by atoms with van der Waals surface area (Å²) >= 11 is 5.98. The lowest BCUT2D eigenvalue weighted by molar-refractivity contribution is -0.124. The third-order valence-electron chi connectivity index (χ3n) is 3.86. The maximum absolute atomic E-state index is 13.1. The fourth-order valence-corrected chi connectivity index (χ4v) is 3.49. The minimum absolute atomic E-state index is 0.0147. The number of halogens is 2. The molecule has 1 atom stereocenters. The Hall–Kier alpha value is -2.45. The lowest BCUT2D eigenvalue weighted by Gasteiger charge is -2.20. The van der Waals surface area contributed by atoms with Crippen LogP contribution in [-0.4, -0.2) is 33.3 Å². The normalized spacial score (nSPS) is 12.3. The molecule has 0 saturated carbocycles. The van der Waals surface area contributed by atoms with E-state index in [1.165, 1.54) is 45.2 Å². The maximum Gasteiger partial charge on any atom is 0.340 e. The van der Waals surface area contributed by atoms with Gasteiger partial charge < -0.3 is 4.74 Å². The van der Waals surface area contributed by atoms with Crippen molar-refractivity contribution >= 4 is 39.1 Å². The van der Waals surface area contributed by atoms with Gasteiger partial charge in [-0.15, -0.1) is 0 Å². The monoisotopic (exact) mass is 413 g/mol. The molecular formula is C18H17ClFNO5S. The first-order valence-electron chi connectivity index (χ1n) is 7.79. The number of carbonyl (C=O) groups is 2. The number of anilines is 1. The molecule has 0 radical (unpaired) electrons. The Morgan fingerprint density at radius 2 is 1.74 bits per heavy atom. The van der Waals surface area contributed by atoms with Gasteiger partial charge in [-0.2, -0.15) is 0 Å². The van der Waals surface area contributed by atoms with E-state index in [0.717, 1.165) is 22.5 Å². The van der Waals surface area contributed by atoms with Crippen LogP contribution < -0.4 is 4.31 Å². The van der Waals surface area contributed by atoms with E-state index >= 15 is 0 Å². The van der Waals surface area contributed by atoms with Crippen LogP contribution in [-0.2, 0) is 19.6 Å². The fourth-order valence-electron chi connectivity index (χ4n) is 2.08. The highest BCUT2D eigenvalue weighted by molar-refractivity contribution is 7.92. The molecule has 2 rings (SSSR count). The molecule has 6 nitrogen and oxygen atoms in total. The minimum atomic E-state index is -4.04. The summed E-state index contributed by atoms with van der Waals surface area (Å²) in [5, 5.41) is -0.0147. The molecule has 0 N–H and O–H groups in total. The van der Waals surface area contributed by atoms with Crippen molar-refractivity contribution in [3.8, 4) is 0 Å². The molecule has 27 heavy (non-hydrogen) atoms. The van der Waals surface area contributed by atoms with Crippen molar-refractivity contribution in [2.75, 3.05) is 11.4 Å². The second-order valence-corrected chi connectivity index (χ2v) is 8.13. The molecule has 0 bridgehead atoms. The Morgan fingerprint density at radius 3 is 2.30 bits per heavy atom. The number of hydrogen-bond donors (Lipinski definition) is 0. The number of benzene rings is 2. The third kappa shape index (κ3) is 4.64. The molecule has 0 saturated heterocycles. The van der Waals surface area contributed by atoms with Gasteiger partial charge in [0.2, 0.25) is 0 Å². The van der Waals surface area contributed by atoms with Gasteiger partial charge >= 0.3 is 5.97 Å². The number of esters is 1. The van der Waals surface area contributed by atoms with E-state index < -0.39 is 27.9 Å². The molecule has 0 heterocycles. The van der Waals surface area contributed by atoms with E-state index in [4.69, 9.17) is 16.3 Å². The topological polar surface area (TPSA) is 80.8 Å². The van der Waals surface area contributed by atoms with Gasteiger partial charge in [0.25, 0.3) is 10.0 Å². The SMILES string of the molecule is CC(=O)C(C)OC(=O)c1cc(S(=O)(=O)N(C)c2ccc(F)cc2)ccc1Cl. The van der Waals surface area contributed by atoms with Gasteiger partial charge in [-0.05, 0) is 56.3 Å². The summed E-state index contributed by atoms with van der Waals surface area (Å²) in [6, 6.07) is 8.46. The zero-order valence-corrected chi connectivity index (χ0v) is 16.3. The molecule has 2 aromatic carbocycles. The van der Waals surface area contributed by atoms with Crippen LogP contribution in [0.25, 0.3) is 0 Å². The first kappa shape index (κ1) is 20.9. The lowest BCUT2D eigenvalue weighted by atomic mass is 10.2. The number of hydrogen-bond acceptors (Lipinski definition) is 5. The highest BCUT2D eigenvalue weighted by Crippen LogP contribution is 2.26. The Labute approximate surface area is 161 Å². The number of sulfonamides is 1. The molecule has 0 aliphatic rings. The van der Waals surface area contributed by atoms with Crippen molar-refractivity contribution < 1.29 is 27.1 Å². The van der Waals surface area contributed by atoms with Crippen LogP contribution in [0.15, 0.2) is 47.4 Å². The van der Waals surface area contributed by atoms with Crippen molar-refractivity contribution in [2.45, 2.75) is 24.8 Å². The molecule has 0 spiro atoms. The largest absolute Gasteiger partial charge is 0.451 e. The molecule has 0 aromatic heterocycles. The van der Waals surface area contributed by atoms with Crippen LogP contribution in [0.2, 0.25) is 5.02 Å². The first-order valence-corrected chi connectivity index (χ1v) is 9.61. The van der Waals surface area contributed by atoms with Crippen LogP contribution in [0.1, 0.15) is 24.2 Å². The summed E-state index contributed by atoms with van der Waals surface area (Å²) in [7, 11) is -2.75.